The smallest absolute Gasteiger partial charge is 0.322 e. The Bertz CT molecular complexity index is 1070. The molecule has 3 amide bonds. The van der Waals surface area contributed by atoms with Gasteiger partial charge < -0.3 is 16.0 Å². The predicted molar refractivity (Wildman–Crippen MR) is 112 cm³/mol. The molecule has 9 heteroatoms. The number of halogens is 1. The van der Waals surface area contributed by atoms with Crippen LogP contribution in [-0.2, 0) is 0 Å². The normalized spacial score (nSPS) is 10.1. The summed E-state index contributed by atoms with van der Waals surface area (Å²) >= 11 is 5.98. The fourth-order valence-corrected chi connectivity index (χ4v) is 2.75. The molecule has 0 unspecified atom stereocenters. The lowest BCUT2D eigenvalue weighted by atomic mass is 10.2. The van der Waals surface area contributed by atoms with Crippen LogP contribution in [0.2, 0.25) is 5.02 Å². The summed E-state index contributed by atoms with van der Waals surface area (Å²) in [6, 6.07) is 18.6. The van der Waals surface area contributed by atoms with E-state index in [0.29, 0.717) is 17.1 Å². The van der Waals surface area contributed by atoms with Gasteiger partial charge in [-0.15, -0.1) is 0 Å². The number of benzene rings is 3. The van der Waals surface area contributed by atoms with Crippen molar-refractivity contribution >= 4 is 46.3 Å². The fourth-order valence-electron chi connectivity index (χ4n) is 2.49. The Morgan fingerprint density at radius 2 is 1.41 bits per heavy atom. The highest BCUT2D eigenvalue weighted by molar-refractivity contribution is 6.34. The van der Waals surface area contributed by atoms with Gasteiger partial charge in [-0.2, -0.15) is 0 Å². The minimum Gasteiger partial charge on any atom is -0.322 e. The molecule has 0 atom stereocenters. The molecule has 0 saturated carbocycles. The number of hydrogen-bond acceptors (Lipinski definition) is 4. The largest absolute Gasteiger partial charge is 0.323 e. The number of non-ortho nitro benzene ring substituents is 1. The van der Waals surface area contributed by atoms with E-state index in [9.17, 15) is 19.7 Å². The first-order chi connectivity index (χ1) is 13.9. The third-order valence-corrected chi connectivity index (χ3v) is 4.13. The molecule has 29 heavy (non-hydrogen) atoms. The van der Waals surface area contributed by atoms with Gasteiger partial charge in [0.15, 0.2) is 0 Å². The second kappa shape index (κ2) is 8.85. The summed E-state index contributed by atoms with van der Waals surface area (Å²) in [4.78, 5) is 34.7. The van der Waals surface area contributed by atoms with Crippen molar-refractivity contribution in [1.29, 1.82) is 0 Å². The van der Waals surface area contributed by atoms with Crippen LogP contribution in [-0.4, -0.2) is 16.9 Å². The molecule has 3 aromatic rings. The van der Waals surface area contributed by atoms with Gasteiger partial charge in [-0.25, -0.2) is 4.79 Å². The molecule has 0 aliphatic rings. The molecule has 0 aliphatic heterocycles. The van der Waals surface area contributed by atoms with Gasteiger partial charge in [0.1, 0.15) is 0 Å². The molecular formula is C20H15ClN4O4. The average molecular weight is 411 g/mol. The van der Waals surface area contributed by atoms with E-state index in [1.54, 1.807) is 48.5 Å². The SMILES string of the molecule is O=C(Nc1ccccc1)Nc1cccc(NC(=O)c2ccc([N+](=O)[O-])cc2Cl)c1. The Kier molecular flexibility index (Phi) is 6.06. The van der Waals surface area contributed by atoms with Crippen LogP contribution in [0.1, 0.15) is 10.4 Å². The molecule has 0 saturated heterocycles. The van der Waals surface area contributed by atoms with Gasteiger partial charge in [0.2, 0.25) is 0 Å². The summed E-state index contributed by atoms with van der Waals surface area (Å²) in [6.07, 6.45) is 0. The van der Waals surface area contributed by atoms with Crippen LogP contribution in [0.15, 0.2) is 72.8 Å². The molecule has 0 bridgehead atoms. The maximum absolute atomic E-state index is 12.4. The average Bonchev–Trinajstić information content (AvgIpc) is 2.68. The summed E-state index contributed by atoms with van der Waals surface area (Å²) in [6.45, 7) is 0. The summed E-state index contributed by atoms with van der Waals surface area (Å²) in [5.41, 5.74) is 1.41. The first-order valence-corrected chi connectivity index (χ1v) is 8.78. The molecule has 0 aliphatic carbocycles. The fraction of sp³-hybridized carbons (Fsp3) is 0. The van der Waals surface area contributed by atoms with Crippen LogP contribution >= 0.6 is 11.6 Å². The molecule has 0 spiro atoms. The molecule has 0 aromatic heterocycles. The zero-order chi connectivity index (χ0) is 20.8. The third-order valence-electron chi connectivity index (χ3n) is 3.82. The number of rotatable bonds is 5. The van der Waals surface area contributed by atoms with Gasteiger partial charge in [0.25, 0.3) is 11.6 Å². The highest BCUT2D eigenvalue weighted by Crippen LogP contribution is 2.24. The van der Waals surface area contributed by atoms with E-state index in [-0.39, 0.29) is 16.3 Å². The first-order valence-electron chi connectivity index (χ1n) is 8.41. The zero-order valence-corrected chi connectivity index (χ0v) is 15.6. The monoisotopic (exact) mass is 410 g/mol. The molecule has 0 heterocycles. The zero-order valence-electron chi connectivity index (χ0n) is 14.9. The van der Waals surface area contributed by atoms with Gasteiger partial charge in [0.05, 0.1) is 15.5 Å². The molecule has 3 aromatic carbocycles. The molecule has 8 nitrogen and oxygen atoms in total. The van der Waals surface area contributed by atoms with Gasteiger partial charge >= 0.3 is 6.03 Å². The van der Waals surface area contributed by atoms with Crippen LogP contribution in [0.25, 0.3) is 0 Å². The second-order valence-corrected chi connectivity index (χ2v) is 6.31. The van der Waals surface area contributed by atoms with Crippen molar-refractivity contribution < 1.29 is 14.5 Å². The third kappa shape index (κ3) is 5.30. The summed E-state index contributed by atoms with van der Waals surface area (Å²) in [5, 5.41) is 18.7. The van der Waals surface area contributed by atoms with Crippen molar-refractivity contribution in [3.63, 3.8) is 0 Å². The first kappa shape index (κ1) is 19.8. The van der Waals surface area contributed by atoms with E-state index in [0.717, 1.165) is 6.07 Å². The predicted octanol–water partition coefficient (Wildman–Crippen LogP) is 5.14. The van der Waals surface area contributed by atoms with E-state index < -0.39 is 16.9 Å². The summed E-state index contributed by atoms with van der Waals surface area (Å²) in [7, 11) is 0. The van der Waals surface area contributed by atoms with Crippen molar-refractivity contribution in [3.05, 3.63) is 93.5 Å². The maximum atomic E-state index is 12.4. The Morgan fingerprint density at radius 1 is 0.793 bits per heavy atom. The van der Waals surface area contributed by atoms with Crippen LogP contribution < -0.4 is 16.0 Å². The highest BCUT2D eigenvalue weighted by Gasteiger charge is 2.15. The van der Waals surface area contributed by atoms with Crippen LogP contribution in [0, 0.1) is 10.1 Å². The summed E-state index contributed by atoms with van der Waals surface area (Å²) < 4.78 is 0. The Hall–Kier alpha value is -3.91. The minimum absolute atomic E-state index is 0.0341. The number of nitro groups is 1. The number of carbonyl (C=O) groups excluding carboxylic acids is 2. The standard InChI is InChI=1S/C20H15ClN4O4/c21-18-12-16(25(28)29)9-10-17(18)19(26)22-14-7-4-8-15(11-14)24-20(27)23-13-5-2-1-3-6-13/h1-12H,(H,22,26)(H2,23,24,27). The number of hydrogen-bond donors (Lipinski definition) is 3. The number of para-hydroxylation sites is 1. The van der Waals surface area contributed by atoms with Crippen LogP contribution in [0.3, 0.4) is 0 Å². The van der Waals surface area contributed by atoms with E-state index in [2.05, 4.69) is 16.0 Å². The Labute approximate surface area is 170 Å². The second-order valence-electron chi connectivity index (χ2n) is 5.90. The summed E-state index contributed by atoms with van der Waals surface area (Å²) in [5.74, 6) is -0.532. The highest BCUT2D eigenvalue weighted by atomic mass is 35.5. The van der Waals surface area contributed by atoms with E-state index >= 15 is 0 Å². The van der Waals surface area contributed by atoms with Gasteiger partial charge in [-0.1, -0.05) is 35.9 Å². The lowest BCUT2D eigenvalue weighted by Crippen LogP contribution is -2.19. The number of nitrogens with one attached hydrogen (secondary N) is 3. The molecule has 0 radical (unpaired) electrons. The van der Waals surface area contributed by atoms with Crippen molar-refractivity contribution in [1.82, 2.24) is 0 Å². The number of nitro benzene ring substituents is 1. The molecule has 3 rings (SSSR count). The molecule has 0 fully saturated rings. The lowest BCUT2D eigenvalue weighted by Gasteiger charge is -2.10. The van der Waals surface area contributed by atoms with E-state index in [4.69, 9.17) is 11.6 Å². The number of nitrogens with zero attached hydrogens (tertiary/aromatic N) is 1. The van der Waals surface area contributed by atoms with Gasteiger partial charge in [-0.3, -0.25) is 14.9 Å². The van der Waals surface area contributed by atoms with Crippen molar-refractivity contribution in [2.75, 3.05) is 16.0 Å². The van der Waals surface area contributed by atoms with Gasteiger partial charge in [-0.05, 0) is 36.4 Å². The van der Waals surface area contributed by atoms with E-state index in [1.165, 1.54) is 12.1 Å². The molecule has 3 N–H and O–H groups in total. The molecule has 146 valence electrons. The van der Waals surface area contributed by atoms with Crippen LogP contribution in [0.5, 0.6) is 0 Å². The van der Waals surface area contributed by atoms with E-state index in [1.807, 2.05) is 6.07 Å². The Balaban J connectivity index is 1.67. The minimum atomic E-state index is -0.594. The lowest BCUT2D eigenvalue weighted by molar-refractivity contribution is -0.384. The topological polar surface area (TPSA) is 113 Å². The van der Waals surface area contributed by atoms with Crippen molar-refractivity contribution in [3.8, 4) is 0 Å². The van der Waals surface area contributed by atoms with Crippen molar-refractivity contribution in [2.24, 2.45) is 0 Å². The number of amides is 3. The number of anilines is 3. The Morgan fingerprint density at radius 3 is 2.07 bits per heavy atom. The quantitative estimate of drug-likeness (QED) is 0.399. The molecular weight excluding hydrogens is 396 g/mol. The van der Waals surface area contributed by atoms with Crippen LogP contribution in [0.4, 0.5) is 27.5 Å². The maximum Gasteiger partial charge on any atom is 0.323 e. The number of urea groups is 1. The van der Waals surface area contributed by atoms with Crippen molar-refractivity contribution in [2.45, 2.75) is 0 Å². The number of carbonyl (C=O) groups is 2. The van der Waals surface area contributed by atoms with Gasteiger partial charge in [0, 0.05) is 29.2 Å².